The molecule has 0 spiro atoms. The fourth-order valence-corrected chi connectivity index (χ4v) is 4.14. The van der Waals surface area contributed by atoms with Crippen LogP contribution in [0.5, 0.6) is 0 Å². The zero-order valence-electron chi connectivity index (χ0n) is 9.68. The summed E-state index contributed by atoms with van der Waals surface area (Å²) in [6.07, 6.45) is 0.432. The predicted octanol–water partition coefficient (Wildman–Crippen LogP) is -0.404. The van der Waals surface area contributed by atoms with E-state index in [2.05, 4.69) is 5.32 Å². The number of rotatable bonds is 4. The number of nitrogens with one attached hydrogen (secondary N) is 1. The minimum absolute atomic E-state index is 0.0501. The van der Waals surface area contributed by atoms with Crippen LogP contribution in [-0.2, 0) is 14.4 Å². The van der Waals surface area contributed by atoms with Crippen molar-refractivity contribution in [2.24, 2.45) is 0 Å². The summed E-state index contributed by atoms with van der Waals surface area (Å²) in [7, 11) is 0. The van der Waals surface area contributed by atoms with Gasteiger partial charge in [-0.1, -0.05) is 0 Å². The zero-order chi connectivity index (χ0) is 13.2. The Morgan fingerprint density at radius 3 is 2.72 bits per heavy atom. The molecule has 2 amide bonds. The van der Waals surface area contributed by atoms with Crippen molar-refractivity contribution in [3.63, 3.8) is 0 Å². The second kappa shape index (κ2) is 5.40. The largest absolute Gasteiger partial charge is 0.479 e. The molecule has 0 saturated carbocycles. The van der Waals surface area contributed by atoms with E-state index in [0.29, 0.717) is 23.8 Å². The number of hydrogen-bond donors (Lipinski definition) is 2. The predicted molar refractivity (Wildman–Crippen MR) is 69.5 cm³/mol. The van der Waals surface area contributed by atoms with Gasteiger partial charge in [0.1, 0.15) is 12.1 Å². The molecule has 0 radical (unpaired) electrons. The number of nitrogens with zero attached hydrogens (tertiary/aromatic N) is 1. The summed E-state index contributed by atoms with van der Waals surface area (Å²) < 4.78 is 0. The fourth-order valence-electron chi connectivity index (χ4n) is 1.91. The van der Waals surface area contributed by atoms with Crippen LogP contribution >= 0.6 is 23.5 Å². The quantitative estimate of drug-likeness (QED) is 0.732. The van der Waals surface area contributed by atoms with Crippen molar-refractivity contribution in [2.45, 2.75) is 12.0 Å². The molecule has 100 valence electrons. The Morgan fingerprint density at radius 2 is 2.22 bits per heavy atom. The monoisotopic (exact) mass is 290 g/mol. The van der Waals surface area contributed by atoms with Crippen LogP contribution in [0.25, 0.3) is 0 Å². The number of aliphatic carboxylic acids is 1. The van der Waals surface area contributed by atoms with Gasteiger partial charge in [-0.2, -0.15) is 11.8 Å². The second-order valence-electron chi connectivity index (χ2n) is 4.31. The van der Waals surface area contributed by atoms with Crippen molar-refractivity contribution in [3.05, 3.63) is 0 Å². The van der Waals surface area contributed by atoms with Gasteiger partial charge in [-0.05, 0) is 12.2 Å². The second-order valence-corrected chi connectivity index (χ2v) is 6.37. The smallest absolute Gasteiger partial charge is 0.330 e. The van der Waals surface area contributed by atoms with Crippen LogP contribution in [-0.4, -0.2) is 63.0 Å². The highest BCUT2D eigenvalue weighted by Gasteiger charge is 2.43. The van der Waals surface area contributed by atoms with E-state index in [1.165, 1.54) is 28.4 Å². The Hall–Kier alpha value is -0.890. The van der Waals surface area contributed by atoms with E-state index < -0.39 is 17.4 Å². The van der Waals surface area contributed by atoms with Gasteiger partial charge in [-0.15, -0.1) is 11.8 Å². The van der Waals surface area contributed by atoms with Crippen LogP contribution in [0.15, 0.2) is 0 Å². The van der Waals surface area contributed by atoms with Crippen molar-refractivity contribution in [1.82, 2.24) is 10.2 Å². The molecule has 2 heterocycles. The molecule has 2 N–H and O–H groups in total. The topological polar surface area (TPSA) is 86.7 Å². The summed E-state index contributed by atoms with van der Waals surface area (Å²) in [5.41, 5.74) is -1.16. The number of carbonyl (C=O) groups is 3. The van der Waals surface area contributed by atoms with Crippen molar-refractivity contribution in [1.29, 1.82) is 0 Å². The molecule has 0 unspecified atom stereocenters. The van der Waals surface area contributed by atoms with Gasteiger partial charge in [-0.3, -0.25) is 9.59 Å². The number of amides is 2. The first-order valence-corrected chi connectivity index (χ1v) is 7.82. The first-order chi connectivity index (χ1) is 8.53. The van der Waals surface area contributed by atoms with Crippen LogP contribution in [0.3, 0.4) is 0 Å². The van der Waals surface area contributed by atoms with E-state index in [1.807, 2.05) is 0 Å². The van der Waals surface area contributed by atoms with Gasteiger partial charge in [0.15, 0.2) is 0 Å². The molecule has 0 aromatic rings. The van der Waals surface area contributed by atoms with Crippen molar-refractivity contribution in [3.8, 4) is 0 Å². The number of carboxylic acids is 1. The summed E-state index contributed by atoms with van der Waals surface area (Å²) in [6.45, 7) is -0.0501. The molecule has 2 fully saturated rings. The third kappa shape index (κ3) is 2.74. The van der Waals surface area contributed by atoms with Gasteiger partial charge in [0, 0.05) is 5.75 Å². The minimum Gasteiger partial charge on any atom is -0.479 e. The van der Waals surface area contributed by atoms with Gasteiger partial charge in [0.25, 0.3) is 0 Å². The summed E-state index contributed by atoms with van der Waals surface area (Å²) in [4.78, 5) is 35.9. The number of hydrogen-bond acceptors (Lipinski definition) is 5. The number of thioether (sulfide) groups is 2. The van der Waals surface area contributed by atoms with Crippen molar-refractivity contribution >= 4 is 41.3 Å². The van der Waals surface area contributed by atoms with Gasteiger partial charge in [0.2, 0.25) is 11.8 Å². The summed E-state index contributed by atoms with van der Waals surface area (Å²) in [5.74, 6) is 0.551. The summed E-state index contributed by atoms with van der Waals surface area (Å²) in [5, 5.41) is 11.8. The van der Waals surface area contributed by atoms with E-state index in [-0.39, 0.29) is 12.5 Å². The van der Waals surface area contributed by atoms with Crippen LogP contribution in [0.1, 0.15) is 6.42 Å². The average molecular weight is 290 g/mol. The Bertz CT molecular complexity index is 382. The average Bonchev–Trinajstić information content (AvgIpc) is 2.90. The maximum atomic E-state index is 11.8. The van der Waals surface area contributed by atoms with Gasteiger partial charge >= 0.3 is 5.97 Å². The molecule has 0 aromatic heterocycles. The van der Waals surface area contributed by atoms with Crippen molar-refractivity contribution < 1.29 is 19.5 Å². The Morgan fingerprint density at radius 1 is 1.44 bits per heavy atom. The van der Waals surface area contributed by atoms with Gasteiger partial charge in [-0.25, -0.2) is 4.79 Å². The third-order valence-corrected chi connectivity index (χ3v) is 5.10. The number of carboxylic acid groups (broad SMARTS) is 1. The van der Waals surface area contributed by atoms with E-state index in [4.69, 9.17) is 0 Å². The third-order valence-electron chi connectivity index (χ3n) is 2.97. The molecular formula is C10H14N2O4S2. The molecule has 8 heteroatoms. The molecule has 1 atom stereocenters. The highest BCUT2D eigenvalue weighted by atomic mass is 32.2. The SMILES string of the molecule is O=C(CN1CSCC1=O)N[C@@]1(C(=O)O)CCSC1. The molecule has 18 heavy (non-hydrogen) atoms. The first-order valence-electron chi connectivity index (χ1n) is 5.51. The molecular weight excluding hydrogens is 276 g/mol. The van der Waals surface area contributed by atoms with Gasteiger partial charge in [0.05, 0.1) is 11.6 Å². The lowest BCUT2D eigenvalue weighted by molar-refractivity contribution is -0.146. The molecule has 2 aliphatic heterocycles. The minimum atomic E-state index is -1.16. The molecule has 0 bridgehead atoms. The maximum absolute atomic E-state index is 11.8. The lowest BCUT2D eigenvalue weighted by Crippen LogP contribution is -2.56. The lowest BCUT2D eigenvalue weighted by atomic mass is 9.99. The number of carbonyl (C=O) groups excluding carboxylic acids is 2. The van der Waals surface area contributed by atoms with Crippen LogP contribution < -0.4 is 5.32 Å². The van der Waals surface area contributed by atoms with Crippen LogP contribution in [0, 0.1) is 0 Å². The first kappa shape index (κ1) is 13.5. The van der Waals surface area contributed by atoms with Crippen molar-refractivity contribution in [2.75, 3.05) is 29.7 Å². The Kier molecular flexibility index (Phi) is 4.06. The highest BCUT2D eigenvalue weighted by molar-refractivity contribution is 8.00. The van der Waals surface area contributed by atoms with Gasteiger partial charge < -0.3 is 15.3 Å². The Labute approximate surface area is 113 Å². The molecule has 2 aliphatic rings. The fraction of sp³-hybridized carbons (Fsp3) is 0.700. The molecule has 2 saturated heterocycles. The standard InChI is InChI=1S/C10H14N2O4S2/c13-7(3-12-6-18-4-8(12)14)11-10(9(15)16)1-2-17-5-10/h1-6H2,(H,11,13)(H,15,16)/t10-/m0/s1. The van der Waals surface area contributed by atoms with E-state index >= 15 is 0 Å². The summed E-state index contributed by atoms with van der Waals surface area (Å²) in [6, 6.07) is 0. The molecule has 6 nitrogen and oxygen atoms in total. The van der Waals surface area contributed by atoms with E-state index in [1.54, 1.807) is 0 Å². The highest BCUT2D eigenvalue weighted by Crippen LogP contribution is 2.28. The lowest BCUT2D eigenvalue weighted by Gasteiger charge is -2.25. The molecule has 0 aromatic carbocycles. The molecule has 0 aliphatic carbocycles. The Balaban J connectivity index is 1.93. The zero-order valence-corrected chi connectivity index (χ0v) is 11.3. The maximum Gasteiger partial charge on any atom is 0.330 e. The normalized spacial score (nSPS) is 27.6. The van der Waals surface area contributed by atoms with Crippen LogP contribution in [0.4, 0.5) is 0 Å². The van der Waals surface area contributed by atoms with E-state index in [0.717, 1.165) is 5.75 Å². The summed E-state index contributed by atoms with van der Waals surface area (Å²) >= 11 is 2.97. The van der Waals surface area contributed by atoms with Crippen LogP contribution in [0.2, 0.25) is 0 Å². The van der Waals surface area contributed by atoms with E-state index in [9.17, 15) is 19.5 Å². The molecule has 2 rings (SSSR count).